The highest BCUT2D eigenvalue weighted by Crippen LogP contribution is 2.12. The molecule has 0 bridgehead atoms. The van der Waals surface area contributed by atoms with Crippen molar-refractivity contribution in [2.45, 2.75) is 6.42 Å². The lowest BCUT2D eigenvalue weighted by Gasteiger charge is -1.99. The second kappa shape index (κ2) is 3.53. The van der Waals surface area contributed by atoms with E-state index in [0.717, 1.165) is 5.56 Å². The lowest BCUT2D eigenvalue weighted by atomic mass is 10.1. The first-order valence-electron chi connectivity index (χ1n) is 3.22. The minimum absolute atomic E-state index is 0.0459. The van der Waals surface area contributed by atoms with Crippen LogP contribution < -0.4 is 5.73 Å². The number of anilines is 1. The van der Waals surface area contributed by atoms with E-state index in [0.29, 0.717) is 12.1 Å². The number of hydrogen-bond donors (Lipinski definition) is 1. The van der Waals surface area contributed by atoms with Crippen LogP contribution in [-0.2, 0) is 11.2 Å². The second-order valence-electron chi connectivity index (χ2n) is 2.23. The van der Waals surface area contributed by atoms with E-state index in [1.807, 2.05) is 18.2 Å². The molecule has 0 aliphatic carbocycles. The van der Waals surface area contributed by atoms with E-state index in [-0.39, 0.29) is 4.69 Å². The van der Waals surface area contributed by atoms with Gasteiger partial charge in [-0.25, -0.2) is 0 Å². The molecule has 2 N–H and O–H groups in total. The van der Waals surface area contributed by atoms with Crippen LogP contribution in [0.15, 0.2) is 24.3 Å². The first-order chi connectivity index (χ1) is 5.20. The van der Waals surface area contributed by atoms with E-state index in [1.54, 1.807) is 6.07 Å². The number of para-hydroxylation sites is 1. The summed E-state index contributed by atoms with van der Waals surface area (Å²) < 4.78 is -0.0459. The molecule has 0 spiro atoms. The third-order valence-electron chi connectivity index (χ3n) is 1.38. The van der Waals surface area contributed by atoms with Gasteiger partial charge in [-0.3, -0.25) is 4.79 Å². The Morgan fingerprint density at radius 1 is 1.45 bits per heavy atom. The zero-order chi connectivity index (χ0) is 8.27. The van der Waals surface area contributed by atoms with Crippen LogP contribution in [0.5, 0.6) is 0 Å². The maximum absolute atomic E-state index is 10.6. The summed E-state index contributed by atoms with van der Waals surface area (Å²) in [6.07, 6.45) is 0.354. The average molecular weight is 214 g/mol. The molecule has 3 heteroatoms. The van der Waals surface area contributed by atoms with Gasteiger partial charge in [-0.15, -0.1) is 0 Å². The van der Waals surface area contributed by atoms with E-state index < -0.39 is 0 Å². The van der Waals surface area contributed by atoms with Crippen LogP contribution in [0.3, 0.4) is 0 Å². The number of carbonyl (C=O) groups is 1. The maximum atomic E-state index is 10.6. The lowest BCUT2D eigenvalue weighted by molar-refractivity contribution is -0.109. The number of rotatable bonds is 2. The molecule has 0 aliphatic heterocycles. The lowest BCUT2D eigenvalue weighted by Crippen LogP contribution is -1.97. The molecular formula is C8H8BrNO. The molecule has 0 fully saturated rings. The van der Waals surface area contributed by atoms with Gasteiger partial charge in [0, 0.05) is 12.1 Å². The highest BCUT2D eigenvalue weighted by molar-refractivity contribution is 9.18. The van der Waals surface area contributed by atoms with Crippen molar-refractivity contribution in [1.29, 1.82) is 0 Å². The molecular weight excluding hydrogens is 206 g/mol. The normalized spacial score (nSPS) is 9.55. The summed E-state index contributed by atoms with van der Waals surface area (Å²) in [5.74, 6) is 0. The molecule has 0 atom stereocenters. The maximum Gasteiger partial charge on any atom is 0.202 e. The molecule has 2 nitrogen and oxygen atoms in total. The Labute approximate surface area is 73.5 Å². The van der Waals surface area contributed by atoms with Crippen molar-refractivity contribution in [1.82, 2.24) is 0 Å². The molecule has 0 saturated heterocycles. The quantitative estimate of drug-likeness (QED) is 0.601. The largest absolute Gasteiger partial charge is 0.398 e. The molecule has 1 aromatic carbocycles. The van der Waals surface area contributed by atoms with E-state index >= 15 is 0 Å². The van der Waals surface area contributed by atoms with Gasteiger partial charge in [0.1, 0.15) is 0 Å². The predicted molar refractivity (Wildman–Crippen MR) is 48.5 cm³/mol. The van der Waals surface area contributed by atoms with Gasteiger partial charge in [-0.2, -0.15) is 0 Å². The van der Waals surface area contributed by atoms with Crippen LogP contribution in [0.1, 0.15) is 5.56 Å². The zero-order valence-corrected chi connectivity index (χ0v) is 7.47. The van der Waals surface area contributed by atoms with Gasteiger partial charge in [0.15, 0.2) is 0 Å². The summed E-state index contributed by atoms with van der Waals surface area (Å²) in [5, 5.41) is 0. The van der Waals surface area contributed by atoms with Gasteiger partial charge in [-0.05, 0) is 27.6 Å². The SMILES string of the molecule is Nc1ccccc1CC(=O)Br. The Morgan fingerprint density at radius 2 is 2.09 bits per heavy atom. The van der Waals surface area contributed by atoms with Crippen LogP contribution in [0, 0.1) is 0 Å². The Morgan fingerprint density at radius 3 is 2.64 bits per heavy atom. The van der Waals surface area contributed by atoms with Gasteiger partial charge in [0.05, 0.1) is 0 Å². The minimum atomic E-state index is -0.0459. The van der Waals surface area contributed by atoms with E-state index in [2.05, 4.69) is 15.9 Å². The summed E-state index contributed by atoms with van der Waals surface area (Å²) in [6, 6.07) is 7.33. The van der Waals surface area contributed by atoms with Gasteiger partial charge in [-0.1, -0.05) is 18.2 Å². The van der Waals surface area contributed by atoms with Gasteiger partial charge in [0.2, 0.25) is 4.69 Å². The van der Waals surface area contributed by atoms with E-state index in [4.69, 9.17) is 5.73 Å². The number of hydrogen-bond acceptors (Lipinski definition) is 2. The predicted octanol–water partition coefficient (Wildman–Crippen LogP) is 1.73. The Balaban J connectivity index is 2.86. The fraction of sp³-hybridized carbons (Fsp3) is 0.125. The summed E-state index contributed by atoms with van der Waals surface area (Å²) in [6.45, 7) is 0. The molecule has 1 rings (SSSR count). The van der Waals surface area contributed by atoms with Crippen LogP contribution in [0.2, 0.25) is 0 Å². The van der Waals surface area contributed by atoms with Crippen molar-refractivity contribution < 1.29 is 4.79 Å². The molecule has 0 saturated carbocycles. The fourth-order valence-corrected chi connectivity index (χ4v) is 1.15. The van der Waals surface area contributed by atoms with Crippen molar-refractivity contribution in [2.24, 2.45) is 0 Å². The Bertz CT molecular complexity index is 273. The molecule has 58 valence electrons. The van der Waals surface area contributed by atoms with Crippen LogP contribution in [-0.4, -0.2) is 4.69 Å². The Kier molecular flexibility index (Phi) is 2.65. The van der Waals surface area contributed by atoms with Crippen molar-refractivity contribution in [3.05, 3.63) is 29.8 Å². The van der Waals surface area contributed by atoms with Gasteiger partial charge < -0.3 is 5.73 Å². The third-order valence-corrected chi connectivity index (χ3v) is 1.66. The average Bonchev–Trinajstić information content (AvgIpc) is 1.93. The molecule has 0 aliphatic rings. The van der Waals surface area contributed by atoms with Crippen molar-refractivity contribution in [3.8, 4) is 0 Å². The van der Waals surface area contributed by atoms with Crippen LogP contribution >= 0.6 is 15.9 Å². The highest BCUT2D eigenvalue weighted by atomic mass is 79.9. The van der Waals surface area contributed by atoms with Crippen LogP contribution in [0.4, 0.5) is 5.69 Å². The topological polar surface area (TPSA) is 43.1 Å². The summed E-state index contributed by atoms with van der Waals surface area (Å²) in [5.41, 5.74) is 7.13. The Hall–Kier alpha value is -0.830. The zero-order valence-electron chi connectivity index (χ0n) is 5.88. The molecule has 11 heavy (non-hydrogen) atoms. The fourth-order valence-electron chi connectivity index (χ4n) is 0.845. The van der Waals surface area contributed by atoms with Crippen molar-refractivity contribution in [2.75, 3.05) is 5.73 Å². The highest BCUT2D eigenvalue weighted by Gasteiger charge is 2.00. The number of halogens is 1. The molecule has 0 heterocycles. The van der Waals surface area contributed by atoms with Gasteiger partial charge >= 0.3 is 0 Å². The molecule has 0 amide bonds. The first kappa shape index (κ1) is 8.27. The monoisotopic (exact) mass is 213 g/mol. The van der Waals surface area contributed by atoms with E-state index in [9.17, 15) is 4.79 Å². The standard InChI is InChI=1S/C8H8BrNO/c9-8(11)5-6-3-1-2-4-7(6)10/h1-4H,5,10H2. The number of carbonyl (C=O) groups excluding carboxylic acids is 1. The minimum Gasteiger partial charge on any atom is -0.398 e. The van der Waals surface area contributed by atoms with Crippen molar-refractivity contribution in [3.63, 3.8) is 0 Å². The molecule has 0 aromatic heterocycles. The molecule has 0 radical (unpaired) electrons. The number of nitrogen functional groups attached to an aromatic ring is 1. The van der Waals surface area contributed by atoms with Crippen molar-refractivity contribution >= 4 is 26.3 Å². The summed E-state index contributed by atoms with van der Waals surface area (Å²) in [4.78, 5) is 10.6. The summed E-state index contributed by atoms with van der Waals surface area (Å²) in [7, 11) is 0. The van der Waals surface area contributed by atoms with Gasteiger partial charge in [0.25, 0.3) is 0 Å². The number of nitrogens with two attached hydrogens (primary N) is 1. The molecule has 1 aromatic rings. The second-order valence-corrected chi connectivity index (χ2v) is 3.12. The van der Waals surface area contributed by atoms with E-state index in [1.165, 1.54) is 0 Å². The molecule has 0 unspecified atom stereocenters. The third kappa shape index (κ3) is 2.35. The first-order valence-corrected chi connectivity index (χ1v) is 4.01. The summed E-state index contributed by atoms with van der Waals surface area (Å²) >= 11 is 2.85. The number of benzene rings is 1. The van der Waals surface area contributed by atoms with Crippen LogP contribution in [0.25, 0.3) is 0 Å². The smallest absolute Gasteiger partial charge is 0.202 e.